The maximum atomic E-state index is 5.44. The zero-order valence-corrected chi connectivity index (χ0v) is 12.5. The van der Waals surface area contributed by atoms with Crippen LogP contribution in [0.5, 0.6) is 0 Å². The van der Waals surface area contributed by atoms with Gasteiger partial charge in [-0.3, -0.25) is 4.90 Å². The maximum Gasteiger partial charge on any atom is 0.151 e. The number of likely N-dealkylation sites (tertiary alicyclic amines) is 1. The van der Waals surface area contributed by atoms with E-state index in [2.05, 4.69) is 42.2 Å². The van der Waals surface area contributed by atoms with E-state index in [1.807, 2.05) is 0 Å². The van der Waals surface area contributed by atoms with Gasteiger partial charge in [-0.2, -0.15) is 0 Å². The summed E-state index contributed by atoms with van der Waals surface area (Å²) in [6, 6.07) is 2.57. The summed E-state index contributed by atoms with van der Waals surface area (Å²) in [7, 11) is 0. The zero-order valence-electron chi connectivity index (χ0n) is 12.5. The van der Waals surface area contributed by atoms with Crippen LogP contribution in [0.4, 0.5) is 0 Å². The molecule has 1 aromatic heterocycles. The van der Waals surface area contributed by atoms with Gasteiger partial charge in [-0.25, -0.2) is 0 Å². The van der Waals surface area contributed by atoms with E-state index < -0.39 is 0 Å². The Morgan fingerprint density at radius 1 is 1.53 bits per heavy atom. The van der Waals surface area contributed by atoms with E-state index in [4.69, 9.17) is 4.52 Å². The van der Waals surface area contributed by atoms with Crippen LogP contribution >= 0.6 is 0 Å². The van der Waals surface area contributed by atoms with E-state index in [1.165, 1.54) is 32.4 Å². The Kier molecular flexibility index (Phi) is 5.40. The highest BCUT2D eigenvalue weighted by atomic mass is 16.5. The van der Waals surface area contributed by atoms with Crippen molar-refractivity contribution in [3.05, 3.63) is 17.5 Å². The second kappa shape index (κ2) is 7.06. The van der Waals surface area contributed by atoms with Gasteiger partial charge < -0.3 is 9.84 Å². The van der Waals surface area contributed by atoms with E-state index in [0.717, 1.165) is 30.5 Å². The molecular formula is C15H27N3O. The van der Waals surface area contributed by atoms with Crippen LogP contribution in [-0.2, 0) is 13.1 Å². The molecule has 1 saturated heterocycles. The zero-order chi connectivity index (χ0) is 13.7. The first-order valence-corrected chi connectivity index (χ1v) is 7.57. The number of hydrogen-bond acceptors (Lipinski definition) is 4. The number of piperidine rings is 1. The van der Waals surface area contributed by atoms with Crippen molar-refractivity contribution in [3.8, 4) is 0 Å². The lowest BCUT2D eigenvalue weighted by Gasteiger charge is -2.31. The molecule has 1 aromatic rings. The van der Waals surface area contributed by atoms with Crippen molar-refractivity contribution in [1.29, 1.82) is 0 Å². The molecule has 2 rings (SSSR count). The van der Waals surface area contributed by atoms with Crippen LogP contribution in [0.3, 0.4) is 0 Å². The monoisotopic (exact) mass is 265 g/mol. The highest BCUT2D eigenvalue weighted by Gasteiger charge is 2.19. The van der Waals surface area contributed by atoms with Gasteiger partial charge in [0.2, 0.25) is 0 Å². The molecule has 1 aliphatic heterocycles. The lowest BCUT2D eigenvalue weighted by molar-refractivity contribution is 0.150. The Bertz CT molecular complexity index is 375. The second-order valence-corrected chi connectivity index (χ2v) is 5.97. The highest BCUT2D eigenvalue weighted by Crippen LogP contribution is 2.21. The summed E-state index contributed by atoms with van der Waals surface area (Å²) in [5.41, 5.74) is 1.01. The standard InChI is InChI=1S/C15H27N3O/c1-4-13-6-5-7-18(10-13)11-15-8-14(17-19-15)9-16-12(2)3/h8,12-13,16H,4-7,9-11H2,1-3H3. The summed E-state index contributed by atoms with van der Waals surface area (Å²) >= 11 is 0. The Morgan fingerprint density at radius 2 is 2.37 bits per heavy atom. The Hall–Kier alpha value is -0.870. The van der Waals surface area contributed by atoms with Gasteiger partial charge in [0.25, 0.3) is 0 Å². The summed E-state index contributed by atoms with van der Waals surface area (Å²) in [5.74, 6) is 1.86. The molecule has 1 N–H and O–H groups in total. The number of aromatic nitrogens is 1. The van der Waals surface area contributed by atoms with Crippen LogP contribution < -0.4 is 5.32 Å². The fourth-order valence-electron chi connectivity index (χ4n) is 2.67. The lowest BCUT2D eigenvalue weighted by atomic mass is 9.96. The van der Waals surface area contributed by atoms with Crippen molar-refractivity contribution in [1.82, 2.24) is 15.4 Å². The molecule has 1 atom stereocenters. The molecular weight excluding hydrogens is 238 g/mol. The number of nitrogens with one attached hydrogen (secondary N) is 1. The topological polar surface area (TPSA) is 41.3 Å². The minimum absolute atomic E-state index is 0.479. The van der Waals surface area contributed by atoms with Crippen LogP contribution in [0.2, 0.25) is 0 Å². The van der Waals surface area contributed by atoms with Crippen LogP contribution in [-0.4, -0.2) is 29.2 Å². The van der Waals surface area contributed by atoms with E-state index in [-0.39, 0.29) is 0 Å². The summed E-state index contributed by atoms with van der Waals surface area (Å²) < 4.78 is 5.44. The van der Waals surface area contributed by atoms with Crippen LogP contribution in [0.15, 0.2) is 10.6 Å². The summed E-state index contributed by atoms with van der Waals surface area (Å²) in [5, 5.41) is 7.49. The second-order valence-electron chi connectivity index (χ2n) is 5.97. The van der Waals surface area contributed by atoms with Crippen molar-refractivity contribution in [2.45, 2.75) is 59.2 Å². The molecule has 1 aliphatic rings. The molecule has 1 unspecified atom stereocenters. The maximum absolute atomic E-state index is 5.44. The molecule has 0 aliphatic carbocycles. The molecule has 0 aromatic carbocycles. The predicted molar refractivity (Wildman–Crippen MR) is 76.8 cm³/mol. The van der Waals surface area contributed by atoms with E-state index in [0.29, 0.717) is 6.04 Å². The third-order valence-electron chi connectivity index (χ3n) is 3.86. The number of rotatable bonds is 6. The first-order valence-electron chi connectivity index (χ1n) is 7.57. The van der Waals surface area contributed by atoms with Crippen LogP contribution in [0, 0.1) is 5.92 Å². The largest absolute Gasteiger partial charge is 0.360 e. The molecule has 4 nitrogen and oxygen atoms in total. The van der Waals surface area contributed by atoms with Gasteiger partial charge in [-0.05, 0) is 25.3 Å². The molecule has 0 saturated carbocycles. The summed E-state index contributed by atoms with van der Waals surface area (Å²) in [6.45, 7) is 10.7. The normalized spacial score (nSPS) is 21.2. The highest BCUT2D eigenvalue weighted by molar-refractivity contribution is 5.05. The smallest absolute Gasteiger partial charge is 0.151 e. The lowest BCUT2D eigenvalue weighted by Crippen LogP contribution is -2.34. The SMILES string of the molecule is CCC1CCCN(Cc2cc(CNC(C)C)no2)C1. The molecule has 1 fully saturated rings. The molecule has 0 amide bonds. The third-order valence-corrected chi connectivity index (χ3v) is 3.86. The minimum Gasteiger partial charge on any atom is -0.360 e. The fourth-order valence-corrected chi connectivity index (χ4v) is 2.67. The van der Waals surface area contributed by atoms with E-state index in [1.54, 1.807) is 0 Å². The fraction of sp³-hybridized carbons (Fsp3) is 0.800. The predicted octanol–water partition coefficient (Wildman–Crippen LogP) is 2.79. The van der Waals surface area contributed by atoms with Gasteiger partial charge in [0, 0.05) is 25.2 Å². The van der Waals surface area contributed by atoms with Gasteiger partial charge in [0.15, 0.2) is 5.76 Å². The van der Waals surface area contributed by atoms with Gasteiger partial charge >= 0.3 is 0 Å². The summed E-state index contributed by atoms with van der Waals surface area (Å²) in [6.07, 6.45) is 3.98. The molecule has 0 bridgehead atoms. The first-order chi connectivity index (χ1) is 9.17. The van der Waals surface area contributed by atoms with Gasteiger partial charge in [-0.1, -0.05) is 32.3 Å². The quantitative estimate of drug-likeness (QED) is 0.858. The number of nitrogens with zero attached hydrogens (tertiary/aromatic N) is 2. The molecule has 0 spiro atoms. The van der Waals surface area contributed by atoms with Crippen LogP contribution in [0.25, 0.3) is 0 Å². The van der Waals surface area contributed by atoms with E-state index in [9.17, 15) is 0 Å². The van der Waals surface area contributed by atoms with Crippen molar-refractivity contribution in [2.75, 3.05) is 13.1 Å². The van der Waals surface area contributed by atoms with Crippen molar-refractivity contribution >= 4 is 0 Å². The summed E-state index contributed by atoms with van der Waals surface area (Å²) in [4.78, 5) is 2.50. The van der Waals surface area contributed by atoms with Gasteiger partial charge in [0.1, 0.15) is 0 Å². The third kappa shape index (κ3) is 4.62. The average Bonchev–Trinajstić information content (AvgIpc) is 2.84. The molecule has 4 heteroatoms. The van der Waals surface area contributed by atoms with Gasteiger partial charge in [-0.15, -0.1) is 0 Å². The van der Waals surface area contributed by atoms with Crippen molar-refractivity contribution in [3.63, 3.8) is 0 Å². The van der Waals surface area contributed by atoms with Crippen molar-refractivity contribution < 1.29 is 4.52 Å². The molecule has 0 radical (unpaired) electrons. The Balaban J connectivity index is 1.82. The molecule has 2 heterocycles. The Morgan fingerprint density at radius 3 is 3.11 bits per heavy atom. The first kappa shape index (κ1) is 14.5. The van der Waals surface area contributed by atoms with Crippen LogP contribution in [0.1, 0.15) is 51.5 Å². The molecule has 19 heavy (non-hydrogen) atoms. The van der Waals surface area contributed by atoms with Crippen molar-refractivity contribution in [2.24, 2.45) is 5.92 Å². The minimum atomic E-state index is 0.479. The molecule has 108 valence electrons. The average molecular weight is 265 g/mol. The Labute approximate surface area is 116 Å². The van der Waals surface area contributed by atoms with Gasteiger partial charge in [0.05, 0.1) is 12.2 Å². The van der Waals surface area contributed by atoms with E-state index >= 15 is 0 Å². The number of hydrogen-bond donors (Lipinski definition) is 1.